The molecule has 0 N–H and O–H groups in total. The molecule has 9 heteroatoms. The quantitative estimate of drug-likeness (QED) is 0.330. The summed E-state index contributed by atoms with van der Waals surface area (Å²) in [6.45, 7) is 5.40. The van der Waals surface area contributed by atoms with Crippen LogP contribution in [0.25, 0.3) is 5.69 Å². The number of esters is 1. The summed E-state index contributed by atoms with van der Waals surface area (Å²) < 4.78 is 45.1. The summed E-state index contributed by atoms with van der Waals surface area (Å²) in [6.07, 6.45) is 0. The van der Waals surface area contributed by atoms with E-state index in [0.717, 1.165) is 11.1 Å². The van der Waals surface area contributed by atoms with Crippen LogP contribution in [0.2, 0.25) is 0 Å². The molecule has 0 radical (unpaired) electrons. The summed E-state index contributed by atoms with van der Waals surface area (Å²) in [4.78, 5) is 13.2. The van der Waals surface area contributed by atoms with Gasteiger partial charge in [0.1, 0.15) is 17.1 Å². The van der Waals surface area contributed by atoms with E-state index in [1.165, 1.54) is 37.1 Å². The lowest BCUT2D eigenvalue weighted by molar-refractivity contribution is 0.0714. The summed E-state index contributed by atoms with van der Waals surface area (Å²) in [7, 11) is -1.16. The van der Waals surface area contributed by atoms with Gasteiger partial charge < -0.3 is 14.2 Å². The van der Waals surface area contributed by atoms with E-state index in [2.05, 4.69) is 5.10 Å². The number of aromatic nitrogens is 2. The molecule has 4 aromatic rings. The van der Waals surface area contributed by atoms with Gasteiger partial charge in [0.05, 0.1) is 30.5 Å². The molecule has 0 spiro atoms. The summed E-state index contributed by atoms with van der Waals surface area (Å²) >= 11 is 0. The summed E-state index contributed by atoms with van der Waals surface area (Å²) in [5.74, 6) is -0.288. The Kier molecular flexibility index (Phi) is 6.85. The van der Waals surface area contributed by atoms with Crippen molar-refractivity contribution < 1.29 is 27.4 Å². The minimum absolute atomic E-state index is 0.0626. The van der Waals surface area contributed by atoms with Crippen LogP contribution >= 0.6 is 0 Å². The van der Waals surface area contributed by atoms with Crippen molar-refractivity contribution in [2.75, 3.05) is 14.2 Å². The van der Waals surface area contributed by atoms with E-state index >= 15 is 0 Å². The molecule has 8 nitrogen and oxygen atoms in total. The lowest BCUT2D eigenvalue weighted by atomic mass is 10.1. The van der Waals surface area contributed by atoms with Gasteiger partial charge >= 0.3 is 5.97 Å². The number of hydrogen-bond acceptors (Lipinski definition) is 7. The highest BCUT2D eigenvalue weighted by molar-refractivity contribution is 7.91. The average molecular weight is 507 g/mol. The van der Waals surface area contributed by atoms with Gasteiger partial charge in [0.15, 0.2) is 4.90 Å². The highest BCUT2D eigenvalue weighted by Gasteiger charge is 2.33. The highest BCUT2D eigenvalue weighted by Crippen LogP contribution is 2.36. The number of aryl methyl sites for hydroxylation is 3. The highest BCUT2D eigenvalue weighted by atomic mass is 32.2. The zero-order valence-corrected chi connectivity index (χ0v) is 21.4. The van der Waals surface area contributed by atoms with E-state index < -0.39 is 15.8 Å². The maximum Gasteiger partial charge on any atom is 0.348 e. The maximum atomic E-state index is 13.7. The van der Waals surface area contributed by atoms with Gasteiger partial charge in [-0.2, -0.15) is 9.78 Å². The molecule has 186 valence electrons. The maximum absolute atomic E-state index is 13.7. The molecule has 36 heavy (non-hydrogen) atoms. The number of hydrogen-bond donors (Lipinski definition) is 0. The molecule has 0 fully saturated rings. The first-order chi connectivity index (χ1) is 17.2. The molecule has 0 atom stereocenters. The normalized spacial score (nSPS) is 11.2. The molecule has 0 saturated carbocycles. The first-order valence-electron chi connectivity index (χ1n) is 11.1. The third-order valence-electron chi connectivity index (χ3n) is 5.69. The largest absolute Gasteiger partial charge is 0.497 e. The predicted molar refractivity (Wildman–Crippen MR) is 134 cm³/mol. The number of carbonyl (C=O) groups is 1. The van der Waals surface area contributed by atoms with Gasteiger partial charge in [0.25, 0.3) is 0 Å². The predicted octanol–water partition coefficient (Wildman–Crippen LogP) is 4.87. The average Bonchev–Trinajstić information content (AvgIpc) is 3.19. The fraction of sp³-hybridized carbons (Fsp3) is 0.185. The van der Waals surface area contributed by atoms with E-state index in [0.29, 0.717) is 11.4 Å². The Morgan fingerprint density at radius 1 is 0.889 bits per heavy atom. The minimum Gasteiger partial charge on any atom is -0.497 e. The van der Waals surface area contributed by atoms with Crippen LogP contribution in [0, 0.1) is 20.8 Å². The van der Waals surface area contributed by atoms with Crippen molar-refractivity contribution in [3.63, 3.8) is 0 Å². The number of sulfone groups is 1. The topological polar surface area (TPSA) is 96.7 Å². The van der Waals surface area contributed by atoms with Crippen LogP contribution in [0.5, 0.6) is 17.4 Å². The number of nitrogens with zero attached hydrogens (tertiary/aromatic N) is 2. The van der Waals surface area contributed by atoms with Crippen LogP contribution in [0.3, 0.4) is 0 Å². The fourth-order valence-electron chi connectivity index (χ4n) is 3.92. The van der Waals surface area contributed by atoms with Crippen molar-refractivity contribution in [3.8, 4) is 23.1 Å². The Morgan fingerprint density at radius 3 is 2.25 bits per heavy atom. The summed E-state index contributed by atoms with van der Waals surface area (Å²) in [5.41, 5.74) is 2.75. The Morgan fingerprint density at radius 2 is 1.61 bits per heavy atom. The van der Waals surface area contributed by atoms with Gasteiger partial charge in [-0.25, -0.2) is 13.2 Å². The molecule has 0 aliphatic heterocycles. The van der Waals surface area contributed by atoms with Crippen LogP contribution in [0.15, 0.2) is 76.5 Å². The van der Waals surface area contributed by atoms with Gasteiger partial charge in [0, 0.05) is 6.07 Å². The number of methoxy groups -OCH3 is 2. The molecular weight excluding hydrogens is 480 g/mol. The van der Waals surface area contributed by atoms with E-state index in [1.807, 2.05) is 26.0 Å². The zero-order chi connectivity index (χ0) is 26.0. The number of benzene rings is 3. The molecule has 1 heterocycles. The summed E-state index contributed by atoms with van der Waals surface area (Å²) in [6, 6.07) is 18.2. The molecule has 0 bridgehead atoms. The van der Waals surface area contributed by atoms with Gasteiger partial charge in [-0.3, -0.25) is 0 Å². The van der Waals surface area contributed by atoms with Crippen molar-refractivity contribution in [1.82, 2.24) is 9.78 Å². The van der Waals surface area contributed by atoms with E-state index in [1.54, 1.807) is 43.3 Å². The Bertz CT molecular complexity index is 1540. The standard InChI is InChI=1S/C27H26N2O6S/c1-17-11-14-23(18(2)15-17)29-26(35-27(30)22-13-12-20(33-4)16-24(22)34-5)25(19(3)28-29)36(31,32)21-9-7-6-8-10-21/h6-16H,1-5H3. The molecule has 1 aromatic heterocycles. The summed E-state index contributed by atoms with van der Waals surface area (Å²) in [5, 5.41) is 4.49. The van der Waals surface area contributed by atoms with Gasteiger partial charge in [0.2, 0.25) is 15.7 Å². The second-order valence-electron chi connectivity index (χ2n) is 8.19. The number of ether oxygens (including phenoxy) is 3. The molecule has 0 amide bonds. The molecule has 0 saturated heterocycles. The van der Waals surface area contributed by atoms with Crippen LogP contribution < -0.4 is 14.2 Å². The van der Waals surface area contributed by atoms with Gasteiger partial charge in [-0.15, -0.1) is 0 Å². The van der Waals surface area contributed by atoms with E-state index in [-0.39, 0.29) is 32.7 Å². The fourth-order valence-corrected chi connectivity index (χ4v) is 5.46. The second-order valence-corrected chi connectivity index (χ2v) is 10.1. The molecule has 4 rings (SSSR count). The number of rotatable bonds is 7. The smallest absolute Gasteiger partial charge is 0.348 e. The van der Waals surface area contributed by atoms with Gasteiger partial charge in [-0.05, 0) is 56.7 Å². The molecule has 0 aliphatic carbocycles. The molecule has 0 aliphatic rings. The van der Waals surface area contributed by atoms with Crippen molar-refractivity contribution in [2.24, 2.45) is 0 Å². The van der Waals surface area contributed by atoms with E-state index in [4.69, 9.17) is 14.2 Å². The van der Waals surface area contributed by atoms with Crippen molar-refractivity contribution in [1.29, 1.82) is 0 Å². The van der Waals surface area contributed by atoms with Crippen molar-refractivity contribution in [3.05, 3.63) is 89.1 Å². The first kappa shape index (κ1) is 25.0. The SMILES string of the molecule is COc1ccc(C(=O)Oc2c(S(=O)(=O)c3ccccc3)c(C)nn2-c2ccc(C)cc2C)c(OC)c1. The number of carbonyl (C=O) groups excluding carboxylic acids is 1. The minimum atomic E-state index is -4.07. The lowest BCUT2D eigenvalue weighted by Crippen LogP contribution is -2.15. The van der Waals surface area contributed by atoms with Crippen LogP contribution in [-0.4, -0.2) is 38.4 Å². The van der Waals surface area contributed by atoms with Crippen LogP contribution in [-0.2, 0) is 9.84 Å². The second kappa shape index (κ2) is 9.87. The Labute approximate surface area is 210 Å². The van der Waals surface area contributed by atoms with E-state index in [9.17, 15) is 13.2 Å². The first-order valence-corrected chi connectivity index (χ1v) is 12.6. The monoisotopic (exact) mass is 506 g/mol. The third-order valence-corrected chi connectivity index (χ3v) is 7.59. The molecular formula is C27H26N2O6S. The Balaban J connectivity index is 1.92. The Hall–Kier alpha value is -4.11. The van der Waals surface area contributed by atoms with Crippen LogP contribution in [0.1, 0.15) is 27.2 Å². The van der Waals surface area contributed by atoms with Crippen LogP contribution in [0.4, 0.5) is 0 Å². The van der Waals surface area contributed by atoms with Gasteiger partial charge in [-0.1, -0.05) is 35.9 Å². The zero-order valence-electron chi connectivity index (χ0n) is 20.6. The van der Waals surface area contributed by atoms with Crippen molar-refractivity contribution in [2.45, 2.75) is 30.6 Å². The molecule has 3 aromatic carbocycles. The molecule has 0 unspecified atom stereocenters. The third kappa shape index (κ3) is 4.57. The van der Waals surface area contributed by atoms with Crippen molar-refractivity contribution >= 4 is 15.8 Å². The lowest BCUT2D eigenvalue weighted by Gasteiger charge is -2.14.